The molecule has 2 rings (SSSR count). The van der Waals surface area contributed by atoms with Crippen LogP contribution in [0.4, 0.5) is 11.4 Å². The molecule has 0 spiro atoms. The quantitative estimate of drug-likeness (QED) is 0.589. The van der Waals surface area contributed by atoms with Gasteiger partial charge in [-0.3, -0.25) is 0 Å². The van der Waals surface area contributed by atoms with Gasteiger partial charge in [-0.2, -0.15) is 0 Å². The van der Waals surface area contributed by atoms with Crippen LogP contribution < -0.4 is 11.5 Å². The summed E-state index contributed by atoms with van der Waals surface area (Å²) in [5.74, 6) is 0. The predicted molar refractivity (Wildman–Crippen MR) is 84.4 cm³/mol. The van der Waals surface area contributed by atoms with E-state index < -0.39 is 5.38 Å². The standard InChI is InChI=1S/C13H10Cl4N2/c14-8-5-12(19)10(16)4-7(8)13(17)6-1-2-11(18)9(15)3-6/h1-5,13H,18-19H2. The molecule has 0 fully saturated rings. The first kappa shape index (κ1) is 14.6. The Morgan fingerprint density at radius 2 is 1.42 bits per heavy atom. The molecule has 4 N–H and O–H groups in total. The van der Waals surface area contributed by atoms with E-state index in [0.717, 1.165) is 5.56 Å². The lowest BCUT2D eigenvalue weighted by atomic mass is 10.0. The fourth-order valence-corrected chi connectivity index (χ4v) is 2.67. The Morgan fingerprint density at radius 1 is 0.789 bits per heavy atom. The number of hydrogen-bond acceptors (Lipinski definition) is 2. The molecule has 6 heteroatoms. The highest BCUT2D eigenvalue weighted by Gasteiger charge is 2.17. The summed E-state index contributed by atoms with van der Waals surface area (Å²) in [5.41, 5.74) is 13.7. The molecule has 0 saturated carbocycles. The summed E-state index contributed by atoms with van der Waals surface area (Å²) in [7, 11) is 0. The number of hydrogen-bond donors (Lipinski definition) is 2. The number of alkyl halides is 1. The minimum Gasteiger partial charge on any atom is -0.398 e. The molecule has 100 valence electrons. The van der Waals surface area contributed by atoms with Gasteiger partial charge in [0.2, 0.25) is 0 Å². The molecule has 0 radical (unpaired) electrons. The number of benzene rings is 2. The van der Waals surface area contributed by atoms with Gasteiger partial charge >= 0.3 is 0 Å². The van der Waals surface area contributed by atoms with E-state index in [2.05, 4.69) is 0 Å². The molecular weight excluding hydrogens is 326 g/mol. The Kier molecular flexibility index (Phi) is 4.36. The van der Waals surface area contributed by atoms with E-state index in [-0.39, 0.29) is 0 Å². The Labute approximate surface area is 131 Å². The molecule has 0 bridgehead atoms. The van der Waals surface area contributed by atoms with Crippen molar-refractivity contribution in [2.24, 2.45) is 0 Å². The Hall–Kier alpha value is -0.800. The van der Waals surface area contributed by atoms with Gasteiger partial charge in [0, 0.05) is 5.02 Å². The van der Waals surface area contributed by atoms with Gasteiger partial charge in [-0.25, -0.2) is 0 Å². The molecule has 0 aliphatic rings. The first-order valence-corrected chi connectivity index (χ1v) is 6.90. The zero-order chi connectivity index (χ0) is 14.2. The molecule has 0 aromatic heterocycles. The zero-order valence-electron chi connectivity index (χ0n) is 9.63. The molecule has 1 unspecified atom stereocenters. The van der Waals surface area contributed by atoms with E-state index in [1.807, 2.05) is 0 Å². The molecule has 1 atom stereocenters. The van der Waals surface area contributed by atoms with Crippen LogP contribution >= 0.6 is 46.4 Å². The first-order chi connectivity index (χ1) is 8.90. The molecule has 0 aliphatic heterocycles. The van der Waals surface area contributed by atoms with Crippen LogP contribution in [0.2, 0.25) is 15.1 Å². The molecule has 2 aromatic rings. The van der Waals surface area contributed by atoms with Crippen molar-refractivity contribution < 1.29 is 0 Å². The SMILES string of the molecule is Nc1ccc(C(Cl)c2cc(Cl)c(N)cc2Cl)cc1Cl. The van der Waals surface area contributed by atoms with Gasteiger partial charge in [0.25, 0.3) is 0 Å². The van der Waals surface area contributed by atoms with Crippen LogP contribution in [-0.2, 0) is 0 Å². The number of nitrogen functional groups attached to an aromatic ring is 2. The third-order valence-corrected chi connectivity index (χ3v) is 4.18. The molecule has 19 heavy (non-hydrogen) atoms. The van der Waals surface area contributed by atoms with Crippen molar-refractivity contribution in [1.29, 1.82) is 0 Å². The second kappa shape index (κ2) is 5.68. The van der Waals surface area contributed by atoms with Crippen LogP contribution in [0.25, 0.3) is 0 Å². The van der Waals surface area contributed by atoms with Crippen molar-refractivity contribution in [3.8, 4) is 0 Å². The van der Waals surface area contributed by atoms with Gasteiger partial charge in [0.05, 0.1) is 26.8 Å². The number of anilines is 2. The van der Waals surface area contributed by atoms with E-state index in [4.69, 9.17) is 57.9 Å². The van der Waals surface area contributed by atoms with Crippen LogP contribution in [0, 0.1) is 0 Å². The van der Waals surface area contributed by atoms with Gasteiger partial charge < -0.3 is 11.5 Å². The molecule has 0 saturated heterocycles. The average molecular weight is 336 g/mol. The number of halogens is 4. The molecular formula is C13H10Cl4N2. The second-order valence-electron chi connectivity index (χ2n) is 4.04. The molecule has 2 aromatic carbocycles. The fraction of sp³-hybridized carbons (Fsp3) is 0.0769. The van der Waals surface area contributed by atoms with Crippen molar-refractivity contribution in [2.45, 2.75) is 5.38 Å². The lowest BCUT2D eigenvalue weighted by Crippen LogP contribution is -1.98. The summed E-state index contributed by atoms with van der Waals surface area (Å²) in [6.45, 7) is 0. The minimum atomic E-state index is -0.483. The van der Waals surface area contributed by atoms with Crippen molar-refractivity contribution in [3.63, 3.8) is 0 Å². The largest absolute Gasteiger partial charge is 0.398 e. The predicted octanol–water partition coefficient (Wildman–Crippen LogP) is 5.14. The molecule has 0 aliphatic carbocycles. The summed E-state index contributed by atoms with van der Waals surface area (Å²) in [5, 5.41) is 0.825. The monoisotopic (exact) mass is 334 g/mol. The first-order valence-electron chi connectivity index (χ1n) is 5.33. The summed E-state index contributed by atoms with van der Waals surface area (Å²) in [6.07, 6.45) is 0. The highest BCUT2D eigenvalue weighted by molar-refractivity contribution is 6.37. The fourth-order valence-electron chi connectivity index (χ4n) is 1.65. The lowest BCUT2D eigenvalue weighted by molar-refractivity contribution is 1.14. The van der Waals surface area contributed by atoms with Gasteiger partial charge in [-0.05, 0) is 35.4 Å². The van der Waals surface area contributed by atoms with Gasteiger partial charge in [0.1, 0.15) is 0 Å². The van der Waals surface area contributed by atoms with E-state index >= 15 is 0 Å². The van der Waals surface area contributed by atoms with E-state index in [0.29, 0.717) is 32.0 Å². The molecule has 0 heterocycles. The Morgan fingerprint density at radius 3 is 2.05 bits per heavy atom. The number of nitrogens with two attached hydrogens (primary N) is 2. The summed E-state index contributed by atoms with van der Waals surface area (Å²) < 4.78 is 0. The highest BCUT2D eigenvalue weighted by Crippen LogP contribution is 2.38. The average Bonchev–Trinajstić information content (AvgIpc) is 2.36. The maximum atomic E-state index is 6.40. The van der Waals surface area contributed by atoms with Crippen molar-refractivity contribution in [3.05, 3.63) is 56.5 Å². The maximum Gasteiger partial charge on any atom is 0.0850 e. The molecule has 0 amide bonds. The van der Waals surface area contributed by atoms with E-state index in [1.165, 1.54) is 0 Å². The third kappa shape index (κ3) is 3.03. The Bertz CT molecular complexity index is 628. The van der Waals surface area contributed by atoms with Crippen LogP contribution in [0.5, 0.6) is 0 Å². The van der Waals surface area contributed by atoms with Crippen LogP contribution in [-0.4, -0.2) is 0 Å². The van der Waals surface area contributed by atoms with Crippen LogP contribution in [0.15, 0.2) is 30.3 Å². The van der Waals surface area contributed by atoms with Crippen molar-refractivity contribution >= 4 is 57.8 Å². The third-order valence-electron chi connectivity index (χ3n) is 2.71. The van der Waals surface area contributed by atoms with Gasteiger partial charge in [-0.15, -0.1) is 11.6 Å². The van der Waals surface area contributed by atoms with Gasteiger partial charge in [0.15, 0.2) is 0 Å². The van der Waals surface area contributed by atoms with Gasteiger partial charge in [-0.1, -0.05) is 40.9 Å². The van der Waals surface area contributed by atoms with Crippen molar-refractivity contribution in [1.82, 2.24) is 0 Å². The van der Waals surface area contributed by atoms with Crippen LogP contribution in [0.3, 0.4) is 0 Å². The Balaban J connectivity index is 2.46. The summed E-state index contributed by atoms with van der Waals surface area (Å²) in [4.78, 5) is 0. The van der Waals surface area contributed by atoms with E-state index in [9.17, 15) is 0 Å². The zero-order valence-corrected chi connectivity index (χ0v) is 12.7. The summed E-state index contributed by atoms with van der Waals surface area (Å²) in [6, 6.07) is 8.42. The topological polar surface area (TPSA) is 52.0 Å². The summed E-state index contributed by atoms with van der Waals surface area (Å²) >= 11 is 24.5. The van der Waals surface area contributed by atoms with Crippen LogP contribution in [0.1, 0.15) is 16.5 Å². The second-order valence-corrected chi connectivity index (χ2v) is 5.70. The smallest absolute Gasteiger partial charge is 0.0850 e. The van der Waals surface area contributed by atoms with Crippen molar-refractivity contribution in [2.75, 3.05) is 11.5 Å². The molecule has 2 nitrogen and oxygen atoms in total. The lowest BCUT2D eigenvalue weighted by Gasteiger charge is -2.14. The normalized spacial score (nSPS) is 12.4. The minimum absolute atomic E-state index is 0.409. The maximum absolute atomic E-state index is 6.40. The highest BCUT2D eigenvalue weighted by atomic mass is 35.5. The number of rotatable bonds is 2. The van der Waals surface area contributed by atoms with E-state index in [1.54, 1.807) is 30.3 Å².